The molecule has 3 aromatic heterocycles. The summed E-state index contributed by atoms with van der Waals surface area (Å²) in [5.74, 6) is -1.38. The first kappa shape index (κ1) is 36.1. The smallest absolute Gasteiger partial charge is 0.302 e. The Morgan fingerprint density at radius 2 is 1.27 bits per heavy atom. The fraction of sp³-hybridized carbons (Fsp3) is 0.500. The van der Waals surface area contributed by atoms with Crippen molar-refractivity contribution in [2.24, 2.45) is 0 Å². The van der Waals surface area contributed by atoms with Gasteiger partial charge in [0.05, 0.1) is 29.7 Å². The van der Waals surface area contributed by atoms with E-state index in [2.05, 4.69) is 9.97 Å². The standard InChI is InChI=1S/C38H44N4O10/c1-15-9-21-11-28-37(6,35-27(52-19(5)43)14-26(44)17(3)50-35)33(48)24(41-28)10-20-8-16(2)23(39-20)13-29-38(7,34(49)25(42-29)12-22(15)40-21)36-32(47)31(46)30(45)18(4)51-36/h8-13,17-18,26-27,30-32,35-36,39-40,44-47H,14H2,1-7H3/t17-,18-,26-,27-,30+,31-,32-,35-,36-,37+,38+/m1/s1. The van der Waals surface area contributed by atoms with Gasteiger partial charge < -0.3 is 44.6 Å². The van der Waals surface area contributed by atoms with E-state index in [0.717, 1.165) is 11.1 Å². The Morgan fingerprint density at radius 3 is 1.88 bits per heavy atom. The van der Waals surface area contributed by atoms with Crippen LogP contribution in [0.4, 0.5) is 0 Å². The first-order chi connectivity index (χ1) is 24.4. The van der Waals surface area contributed by atoms with E-state index in [0.29, 0.717) is 27.8 Å². The molecule has 4 aliphatic heterocycles. The summed E-state index contributed by atoms with van der Waals surface area (Å²) >= 11 is 0. The summed E-state index contributed by atoms with van der Waals surface area (Å²) in [7, 11) is 0. The first-order valence-corrected chi connectivity index (χ1v) is 17.4. The Morgan fingerprint density at radius 1 is 0.750 bits per heavy atom. The highest BCUT2D eigenvalue weighted by Gasteiger charge is 2.58. The molecule has 2 fully saturated rings. The lowest BCUT2D eigenvalue weighted by Gasteiger charge is -2.45. The van der Waals surface area contributed by atoms with Crippen molar-refractivity contribution < 1.29 is 49.0 Å². The van der Waals surface area contributed by atoms with Crippen molar-refractivity contribution in [1.29, 1.82) is 0 Å². The van der Waals surface area contributed by atoms with Crippen molar-refractivity contribution in [3.05, 3.63) is 70.3 Å². The number of hydrogen-bond donors (Lipinski definition) is 6. The van der Waals surface area contributed by atoms with E-state index in [-0.39, 0.29) is 29.3 Å². The predicted octanol–water partition coefficient (Wildman–Crippen LogP) is 2.55. The van der Waals surface area contributed by atoms with Gasteiger partial charge in [0.2, 0.25) is 0 Å². The summed E-state index contributed by atoms with van der Waals surface area (Å²) in [5.41, 5.74) is 1.53. The largest absolute Gasteiger partial charge is 0.460 e. The second kappa shape index (κ2) is 12.7. The van der Waals surface area contributed by atoms with E-state index in [1.807, 2.05) is 26.0 Å². The summed E-state index contributed by atoms with van der Waals surface area (Å²) < 4.78 is 18.0. The summed E-state index contributed by atoms with van der Waals surface area (Å²) in [5, 5.41) is 42.9. The summed E-state index contributed by atoms with van der Waals surface area (Å²) in [6.07, 6.45) is -10.0. The Balaban J connectivity index is 1.46. The van der Waals surface area contributed by atoms with Gasteiger partial charge in [-0.05, 0) is 89.1 Å². The van der Waals surface area contributed by atoms with Gasteiger partial charge in [-0.2, -0.15) is 0 Å². The van der Waals surface area contributed by atoms with Gasteiger partial charge in [0.1, 0.15) is 58.8 Å². The minimum atomic E-state index is -1.60. The number of H-pyrrole nitrogens is 2. The first-order valence-electron chi connectivity index (χ1n) is 17.4. The van der Waals surface area contributed by atoms with E-state index < -0.39 is 77.5 Å². The Kier molecular flexibility index (Phi) is 8.79. The second-order valence-corrected chi connectivity index (χ2v) is 15.0. The van der Waals surface area contributed by atoms with Crippen LogP contribution in [0.5, 0.6) is 0 Å². The van der Waals surface area contributed by atoms with Crippen LogP contribution >= 0.6 is 0 Å². The average molecular weight is 717 g/mol. The van der Waals surface area contributed by atoms with Crippen LogP contribution in [0, 0.1) is 13.8 Å². The number of Topliss-reactive ketones (excluding diaryl/α,β-unsaturated/α-hetero) is 2. The lowest BCUT2D eigenvalue weighted by molar-refractivity contribution is -0.228. The molecule has 0 unspecified atom stereocenters. The van der Waals surface area contributed by atoms with Crippen molar-refractivity contribution in [2.45, 2.75) is 121 Å². The quantitative estimate of drug-likeness (QED) is 0.216. The highest BCUT2D eigenvalue weighted by molar-refractivity contribution is 6.07. The third-order valence-electron chi connectivity index (χ3n) is 11.3. The molecular weight excluding hydrogens is 672 g/mol. The number of aliphatic hydroxyl groups excluding tert-OH is 4. The number of rotatable bonds is 3. The number of aryl methyl sites for hydroxylation is 2. The Hall–Kier alpha value is -4.31. The van der Waals surface area contributed by atoms with Gasteiger partial charge in [-0.15, -0.1) is 0 Å². The monoisotopic (exact) mass is 716 g/mol. The summed E-state index contributed by atoms with van der Waals surface area (Å²) in [6, 6.07) is 10.3. The maximum atomic E-state index is 14.6. The topological polar surface area (TPSA) is 217 Å². The van der Waals surface area contributed by atoms with E-state index in [1.165, 1.54) is 6.92 Å². The van der Waals surface area contributed by atoms with Crippen LogP contribution in [0.1, 0.15) is 84.5 Å². The molecule has 3 aromatic rings. The second-order valence-electron chi connectivity index (χ2n) is 15.0. The molecule has 6 N–H and O–H groups in total. The lowest BCUT2D eigenvalue weighted by atomic mass is 9.72. The number of carbonyl (C=O) groups excluding carboxylic acids is 3. The normalized spacial score (nSPS) is 35.1. The van der Waals surface area contributed by atoms with Crippen LogP contribution in [-0.2, 0) is 29.8 Å². The molecule has 0 aliphatic carbocycles. The van der Waals surface area contributed by atoms with Gasteiger partial charge in [0, 0.05) is 35.4 Å². The van der Waals surface area contributed by atoms with E-state index in [1.54, 1.807) is 52.0 Å². The van der Waals surface area contributed by atoms with Crippen molar-refractivity contribution in [3.8, 4) is 0 Å². The number of nitrogens with zero attached hydrogens (tertiary/aromatic N) is 2. The number of aliphatic hydroxyl groups is 4. The number of esters is 1. The van der Waals surface area contributed by atoms with Gasteiger partial charge >= 0.3 is 5.97 Å². The fourth-order valence-electron chi connectivity index (χ4n) is 8.02. The summed E-state index contributed by atoms with van der Waals surface area (Å²) in [6.45, 7) is 11.5. The van der Waals surface area contributed by atoms with Crippen LogP contribution in [0.15, 0.2) is 36.4 Å². The number of aromatic amines is 2. The van der Waals surface area contributed by atoms with E-state index in [9.17, 15) is 34.8 Å². The van der Waals surface area contributed by atoms with Crippen LogP contribution < -0.4 is 0 Å². The molecule has 2 saturated heterocycles. The van der Waals surface area contributed by atoms with E-state index in [4.69, 9.17) is 24.2 Å². The molecular formula is C38H44N4O10. The molecule has 0 radical (unpaired) electrons. The minimum Gasteiger partial charge on any atom is -0.460 e. The Labute approximate surface area is 299 Å². The maximum absolute atomic E-state index is 14.6. The van der Waals surface area contributed by atoms with Gasteiger partial charge in [-0.1, -0.05) is 0 Å². The number of aromatic nitrogens is 4. The molecule has 8 bridgehead atoms. The minimum absolute atomic E-state index is 0.0750. The van der Waals surface area contributed by atoms with Crippen LogP contribution in [-0.4, -0.2) is 113 Å². The molecule has 4 aliphatic rings. The van der Waals surface area contributed by atoms with E-state index >= 15 is 0 Å². The number of ketones is 2. The van der Waals surface area contributed by atoms with Crippen molar-refractivity contribution in [2.75, 3.05) is 0 Å². The van der Waals surface area contributed by atoms with Gasteiger partial charge in [0.25, 0.3) is 0 Å². The Bertz CT molecular complexity index is 2140. The fourth-order valence-corrected chi connectivity index (χ4v) is 8.02. The molecule has 0 aromatic carbocycles. The van der Waals surface area contributed by atoms with Gasteiger partial charge in [-0.3, -0.25) is 14.4 Å². The maximum Gasteiger partial charge on any atom is 0.302 e. The molecule has 14 nitrogen and oxygen atoms in total. The molecule has 11 atom stereocenters. The van der Waals surface area contributed by atoms with Gasteiger partial charge in [0.15, 0.2) is 11.6 Å². The zero-order valence-corrected chi connectivity index (χ0v) is 30.0. The molecule has 0 saturated carbocycles. The number of fused-ring (bicyclic) bond motifs is 8. The highest BCUT2D eigenvalue weighted by atomic mass is 16.6. The van der Waals surface area contributed by atoms with Crippen molar-refractivity contribution in [1.82, 2.24) is 19.9 Å². The predicted molar refractivity (Wildman–Crippen MR) is 187 cm³/mol. The molecule has 7 heterocycles. The number of nitrogens with one attached hydrogen (secondary N) is 2. The average Bonchev–Trinajstić information content (AvgIpc) is 3.75. The zero-order valence-electron chi connectivity index (χ0n) is 30.0. The molecule has 7 rings (SSSR count). The van der Waals surface area contributed by atoms with Crippen LogP contribution in [0.25, 0.3) is 22.1 Å². The molecule has 276 valence electrons. The number of carbonyl (C=O) groups is 3. The number of ether oxygens (including phenoxy) is 3. The molecule has 0 amide bonds. The summed E-state index contributed by atoms with van der Waals surface area (Å²) in [4.78, 5) is 57.4. The van der Waals surface area contributed by atoms with Crippen molar-refractivity contribution >= 4 is 39.6 Å². The third-order valence-corrected chi connectivity index (χ3v) is 11.3. The lowest BCUT2D eigenvalue weighted by Crippen LogP contribution is -2.63. The number of hydrogen-bond acceptors (Lipinski definition) is 12. The molecule has 14 heteroatoms. The van der Waals surface area contributed by atoms with Gasteiger partial charge in [-0.25, -0.2) is 9.97 Å². The highest BCUT2D eigenvalue weighted by Crippen LogP contribution is 2.44. The molecule has 52 heavy (non-hydrogen) atoms. The van der Waals surface area contributed by atoms with Crippen LogP contribution in [0.3, 0.4) is 0 Å². The van der Waals surface area contributed by atoms with Crippen LogP contribution in [0.2, 0.25) is 0 Å². The SMILES string of the molecule is CC(=O)O[C@@H]1C[C@@H](O)[C@@H](C)O[C@H]1[C@]1(C)C(=O)c2cc3cc(C)c(cc4nc(cc5[nH]c(cc1n2)cc5C)C(=O)[C@@]4(C)[C@@H]1O[C@H](C)[C@H](O)[C@@H](O)[C@H]1O)[nH]3. The molecule has 0 spiro atoms. The zero-order chi connectivity index (χ0) is 37.6. The van der Waals surface area contributed by atoms with Crippen molar-refractivity contribution in [3.63, 3.8) is 0 Å². The third kappa shape index (κ3) is 5.60.